The predicted molar refractivity (Wildman–Crippen MR) is 68.9 cm³/mol. The third-order valence-corrected chi connectivity index (χ3v) is 4.26. The summed E-state index contributed by atoms with van der Waals surface area (Å²) in [7, 11) is -0.629. The topological polar surface area (TPSA) is 89.9 Å². The summed E-state index contributed by atoms with van der Waals surface area (Å²) in [5.41, 5.74) is 0.402. The molecule has 3 N–H and O–H groups in total. The fraction of sp³-hybridized carbons (Fsp3) is 0.455. The summed E-state index contributed by atoms with van der Waals surface area (Å²) in [4.78, 5) is 0.139. The van der Waals surface area contributed by atoms with E-state index in [4.69, 9.17) is 5.11 Å². The number of hydrogen-bond acceptors (Lipinski definition) is 5. The summed E-state index contributed by atoms with van der Waals surface area (Å²) in [6, 6.07) is 6.43. The minimum atomic E-state index is -3.54. The van der Waals surface area contributed by atoms with E-state index in [0.717, 1.165) is 4.31 Å². The van der Waals surface area contributed by atoms with Gasteiger partial charge < -0.3 is 15.5 Å². The molecule has 0 aliphatic heterocycles. The van der Waals surface area contributed by atoms with Gasteiger partial charge in [-0.1, -0.05) is 12.1 Å². The molecule has 0 aliphatic rings. The quantitative estimate of drug-likeness (QED) is 0.663. The van der Waals surface area contributed by atoms with E-state index in [1.807, 2.05) is 0 Å². The lowest BCUT2D eigenvalue weighted by Crippen LogP contribution is -2.26. The van der Waals surface area contributed by atoms with Crippen LogP contribution in [-0.4, -0.2) is 56.3 Å². The number of aliphatic hydroxyl groups excluding tert-OH is 2. The Hall–Kier alpha value is -1.15. The lowest BCUT2D eigenvalue weighted by Gasteiger charge is -2.17. The first-order valence-corrected chi connectivity index (χ1v) is 6.88. The maximum Gasteiger partial charge on any atom is 0.244 e. The highest BCUT2D eigenvalue weighted by Crippen LogP contribution is 2.22. The van der Waals surface area contributed by atoms with Crippen LogP contribution in [-0.2, 0) is 10.0 Å². The maximum absolute atomic E-state index is 12.0. The van der Waals surface area contributed by atoms with Crippen LogP contribution in [0.2, 0.25) is 0 Å². The molecule has 1 aromatic carbocycles. The third-order valence-electron chi connectivity index (χ3n) is 2.38. The van der Waals surface area contributed by atoms with E-state index < -0.39 is 16.1 Å². The van der Waals surface area contributed by atoms with Gasteiger partial charge >= 0.3 is 0 Å². The number of aliphatic hydroxyl groups is 2. The second-order valence-corrected chi connectivity index (χ2v) is 6.12. The van der Waals surface area contributed by atoms with Gasteiger partial charge in [0.25, 0.3) is 0 Å². The SMILES string of the molecule is CN(C)S(=O)(=O)c1ccccc1NCC(O)CO. The van der Waals surface area contributed by atoms with E-state index in [-0.39, 0.29) is 18.0 Å². The standard InChI is InChI=1S/C11H18N2O4S/c1-13(2)18(16,17)11-6-4-3-5-10(11)12-7-9(15)8-14/h3-6,9,12,14-15H,7-8H2,1-2H3. The lowest BCUT2D eigenvalue weighted by molar-refractivity contribution is 0.105. The van der Waals surface area contributed by atoms with Gasteiger partial charge in [0.05, 0.1) is 18.4 Å². The van der Waals surface area contributed by atoms with E-state index in [9.17, 15) is 13.5 Å². The molecule has 1 unspecified atom stereocenters. The van der Waals surface area contributed by atoms with Crippen molar-refractivity contribution in [3.8, 4) is 0 Å². The van der Waals surface area contributed by atoms with E-state index >= 15 is 0 Å². The molecule has 102 valence electrons. The number of nitrogens with one attached hydrogen (secondary N) is 1. The van der Waals surface area contributed by atoms with Crippen LogP contribution in [0.3, 0.4) is 0 Å². The second-order valence-electron chi connectivity index (χ2n) is 4.00. The van der Waals surface area contributed by atoms with Crippen molar-refractivity contribution in [2.75, 3.05) is 32.6 Å². The van der Waals surface area contributed by atoms with Crippen LogP contribution in [0.5, 0.6) is 0 Å². The molecule has 7 heteroatoms. The van der Waals surface area contributed by atoms with Crippen LogP contribution in [0.25, 0.3) is 0 Å². The van der Waals surface area contributed by atoms with Crippen molar-refractivity contribution in [1.29, 1.82) is 0 Å². The largest absolute Gasteiger partial charge is 0.394 e. The van der Waals surface area contributed by atoms with Gasteiger partial charge in [-0.15, -0.1) is 0 Å². The Labute approximate surface area is 107 Å². The van der Waals surface area contributed by atoms with Gasteiger partial charge in [-0.2, -0.15) is 0 Å². The maximum atomic E-state index is 12.0. The smallest absolute Gasteiger partial charge is 0.244 e. The average molecular weight is 274 g/mol. The normalized spacial score (nSPS) is 13.6. The first kappa shape index (κ1) is 14.9. The van der Waals surface area contributed by atoms with Crippen molar-refractivity contribution < 1.29 is 18.6 Å². The van der Waals surface area contributed by atoms with Gasteiger partial charge in [0.2, 0.25) is 10.0 Å². The van der Waals surface area contributed by atoms with Gasteiger partial charge in [-0.05, 0) is 12.1 Å². The molecular formula is C11H18N2O4S. The van der Waals surface area contributed by atoms with Crippen molar-refractivity contribution in [1.82, 2.24) is 4.31 Å². The summed E-state index contributed by atoms with van der Waals surface area (Å²) in [6.07, 6.45) is -0.930. The molecule has 0 amide bonds. The molecule has 0 bridgehead atoms. The number of hydrogen-bond donors (Lipinski definition) is 3. The molecule has 18 heavy (non-hydrogen) atoms. The molecular weight excluding hydrogens is 256 g/mol. The molecule has 0 aromatic heterocycles. The number of benzene rings is 1. The van der Waals surface area contributed by atoms with Crippen molar-refractivity contribution in [2.45, 2.75) is 11.0 Å². The van der Waals surface area contributed by atoms with Crippen molar-refractivity contribution >= 4 is 15.7 Å². The summed E-state index contributed by atoms with van der Waals surface area (Å²) in [5.74, 6) is 0. The molecule has 1 rings (SSSR count). The summed E-state index contributed by atoms with van der Waals surface area (Å²) in [6.45, 7) is -0.300. The molecule has 0 saturated carbocycles. The highest BCUT2D eigenvalue weighted by molar-refractivity contribution is 7.89. The predicted octanol–water partition coefficient (Wildman–Crippen LogP) is -0.298. The highest BCUT2D eigenvalue weighted by atomic mass is 32.2. The molecule has 1 aromatic rings. The monoisotopic (exact) mass is 274 g/mol. The van der Waals surface area contributed by atoms with Gasteiger partial charge in [-0.25, -0.2) is 12.7 Å². The summed E-state index contributed by atoms with van der Waals surface area (Å²) in [5, 5.41) is 20.8. The van der Waals surface area contributed by atoms with E-state index in [0.29, 0.717) is 5.69 Å². The molecule has 0 aliphatic carbocycles. The molecule has 0 saturated heterocycles. The van der Waals surface area contributed by atoms with E-state index in [2.05, 4.69) is 5.32 Å². The number of para-hydroxylation sites is 1. The zero-order valence-corrected chi connectivity index (χ0v) is 11.2. The Balaban J connectivity index is 3.01. The Kier molecular flexibility index (Phi) is 5.09. The van der Waals surface area contributed by atoms with E-state index in [1.54, 1.807) is 18.2 Å². The molecule has 0 heterocycles. The Morgan fingerprint density at radius 2 is 1.94 bits per heavy atom. The van der Waals surface area contributed by atoms with Crippen molar-refractivity contribution in [3.05, 3.63) is 24.3 Å². The van der Waals surface area contributed by atoms with E-state index in [1.165, 1.54) is 20.2 Å². The minimum Gasteiger partial charge on any atom is -0.394 e. The van der Waals surface area contributed by atoms with Gasteiger partial charge in [0, 0.05) is 20.6 Å². The van der Waals surface area contributed by atoms with Crippen LogP contribution in [0.1, 0.15) is 0 Å². The fourth-order valence-corrected chi connectivity index (χ4v) is 2.39. The second kappa shape index (κ2) is 6.14. The van der Waals surface area contributed by atoms with Crippen molar-refractivity contribution in [2.24, 2.45) is 0 Å². The van der Waals surface area contributed by atoms with Crippen LogP contribution in [0.4, 0.5) is 5.69 Å². The zero-order valence-electron chi connectivity index (χ0n) is 10.4. The Bertz CT molecular complexity index is 488. The zero-order chi connectivity index (χ0) is 13.8. The Morgan fingerprint density at radius 1 is 1.33 bits per heavy atom. The lowest BCUT2D eigenvalue weighted by atomic mass is 10.3. The van der Waals surface area contributed by atoms with Crippen LogP contribution < -0.4 is 5.32 Å². The van der Waals surface area contributed by atoms with Gasteiger partial charge in [0.15, 0.2) is 0 Å². The third kappa shape index (κ3) is 3.42. The summed E-state index contributed by atoms with van der Waals surface area (Å²) >= 11 is 0. The molecule has 0 fully saturated rings. The number of anilines is 1. The molecule has 0 radical (unpaired) electrons. The van der Waals surface area contributed by atoms with Crippen LogP contribution in [0.15, 0.2) is 29.2 Å². The van der Waals surface area contributed by atoms with Gasteiger partial charge in [-0.3, -0.25) is 0 Å². The van der Waals surface area contributed by atoms with Crippen LogP contribution in [0, 0.1) is 0 Å². The summed E-state index contributed by atoms with van der Waals surface area (Å²) < 4.78 is 25.2. The van der Waals surface area contributed by atoms with Gasteiger partial charge in [0.1, 0.15) is 4.90 Å². The Morgan fingerprint density at radius 3 is 2.50 bits per heavy atom. The van der Waals surface area contributed by atoms with Crippen molar-refractivity contribution in [3.63, 3.8) is 0 Å². The van der Waals surface area contributed by atoms with Crippen LogP contribution >= 0.6 is 0 Å². The minimum absolute atomic E-state index is 0.0798. The fourth-order valence-electron chi connectivity index (χ4n) is 1.33. The highest BCUT2D eigenvalue weighted by Gasteiger charge is 2.20. The number of nitrogens with zero attached hydrogens (tertiary/aromatic N) is 1. The molecule has 0 spiro atoms. The first-order chi connectivity index (χ1) is 8.39. The number of rotatable bonds is 6. The number of sulfonamides is 1. The molecule has 6 nitrogen and oxygen atoms in total. The first-order valence-electron chi connectivity index (χ1n) is 5.44. The molecule has 1 atom stereocenters. The average Bonchev–Trinajstić information content (AvgIpc) is 2.35.